The number of rotatable bonds is 4. The lowest BCUT2D eigenvalue weighted by Crippen LogP contribution is -2.00. The zero-order chi connectivity index (χ0) is 11.7. The average Bonchev–Trinajstić information content (AvgIpc) is 3.09. The Labute approximate surface area is 99.8 Å². The average molecular weight is 229 g/mol. The van der Waals surface area contributed by atoms with Crippen LogP contribution in [-0.2, 0) is 0 Å². The number of aromatic nitrogens is 4. The predicted octanol–water partition coefficient (Wildman–Crippen LogP) is 2.11. The minimum Gasteiger partial charge on any atom is -0.385 e. The van der Waals surface area contributed by atoms with Crippen molar-refractivity contribution in [2.24, 2.45) is 0 Å². The summed E-state index contributed by atoms with van der Waals surface area (Å²) in [5.74, 6) is 0.871. The largest absolute Gasteiger partial charge is 0.385 e. The number of nitrogens with one attached hydrogen (secondary N) is 1. The van der Waals surface area contributed by atoms with Gasteiger partial charge in [-0.05, 0) is 54.5 Å². The monoisotopic (exact) mass is 229 g/mol. The lowest BCUT2D eigenvalue weighted by atomic mass is 10.2. The molecule has 0 unspecified atom stereocenters. The van der Waals surface area contributed by atoms with Gasteiger partial charge in [-0.25, -0.2) is 4.68 Å². The van der Waals surface area contributed by atoms with Crippen molar-refractivity contribution in [3.63, 3.8) is 0 Å². The van der Waals surface area contributed by atoms with Crippen molar-refractivity contribution < 1.29 is 0 Å². The van der Waals surface area contributed by atoms with Gasteiger partial charge in [-0.1, -0.05) is 0 Å². The summed E-state index contributed by atoms with van der Waals surface area (Å²) >= 11 is 0. The van der Waals surface area contributed by atoms with Crippen LogP contribution in [0.5, 0.6) is 0 Å². The molecule has 3 rings (SSSR count). The minimum absolute atomic E-state index is 0.508. The van der Waals surface area contributed by atoms with Crippen molar-refractivity contribution in [1.82, 2.24) is 20.2 Å². The van der Waals surface area contributed by atoms with E-state index in [1.165, 1.54) is 12.8 Å². The maximum absolute atomic E-state index is 4.10. The maximum atomic E-state index is 4.10. The van der Waals surface area contributed by atoms with E-state index in [0.717, 1.165) is 23.6 Å². The summed E-state index contributed by atoms with van der Waals surface area (Å²) in [4.78, 5) is 0. The molecule has 1 N–H and O–H groups in total. The highest BCUT2D eigenvalue weighted by molar-refractivity contribution is 5.59. The molecule has 1 aromatic heterocycles. The van der Waals surface area contributed by atoms with Gasteiger partial charge in [0.2, 0.25) is 0 Å². The van der Waals surface area contributed by atoms with E-state index in [2.05, 4.69) is 52.0 Å². The molecule has 88 valence electrons. The van der Waals surface area contributed by atoms with E-state index in [0.29, 0.717) is 6.04 Å². The second-order valence-corrected chi connectivity index (χ2v) is 4.29. The fraction of sp³-hybridized carbons (Fsp3) is 0.417. The van der Waals surface area contributed by atoms with Crippen LogP contribution >= 0.6 is 0 Å². The van der Waals surface area contributed by atoms with E-state index < -0.39 is 0 Å². The highest BCUT2D eigenvalue weighted by Crippen LogP contribution is 2.36. The molecule has 0 amide bonds. The first-order valence-corrected chi connectivity index (χ1v) is 6.00. The van der Waals surface area contributed by atoms with Crippen LogP contribution < -0.4 is 5.32 Å². The molecular weight excluding hydrogens is 214 g/mol. The van der Waals surface area contributed by atoms with Gasteiger partial charge >= 0.3 is 0 Å². The van der Waals surface area contributed by atoms with Crippen LogP contribution in [0.25, 0.3) is 11.4 Å². The zero-order valence-corrected chi connectivity index (χ0v) is 9.80. The van der Waals surface area contributed by atoms with Gasteiger partial charge in [0, 0.05) is 17.8 Å². The number of hydrogen-bond donors (Lipinski definition) is 1. The summed E-state index contributed by atoms with van der Waals surface area (Å²) in [5, 5.41) is 15.2. The van der Waals surface area contributed by atoms with Gasteiger partial charge in [-0.2, -0.15) is 0 Å². The molecule has 5 nitrogen and oxygen atoms in total. The van der Waals surface area contributed by atoms with Crippen LogP contribution in [0.15, 0.2) is 24.3 Å². The molecule has 0 bridgehead atoms. The zero-order valence-electron chi connectivity index (χ0n) is 9.80. The summed E-state index contributed by atoms with van der Waals surface area (Å²) in [7, 11) is 0. The quantitative estimate of drug-likeness (QED) is 0.872. The Kier molecular flexibility index (Phi) is 2.51. The predicted molar refractivity (Wildman–Crippen MR) is 65.7 cm³/mol. The lowest BCUT2D eigenvalue weighted by molar-refractivity contribution is 0.615. The molecule has 0 aliphatic heterocycles. The Morgan fingerprint density at radius 2 is 2.06 bits per heavy atom. The molecule has 0 radical (unpaired) electrons. The van der Waals surface area contributed by atoms with Crippen molar-refractivity contribution in [2.75, 3.05) is 11.9 Å². The topological polar surface area (TPSA) is 55.6 Å². The summed E-state index contributed by atoms with van der Waals surface area (Å²) in [6.45, 7) is 3.01. The van der Waals surface area contributed by atoms with Gasteiger partial charge in [-0.3, -0.25) is 0 Å². The second kappa shape index (κ2) is 4.16. The van der Waals surface area contributed by atoms with E-state index in [4.69, 9.17) is 0 Å². The molecule has 0 spiro atoms. The maximum Gasteiger partial charge on any atom is 0.182 e. The number of nitrogens with zero attached hydrogens (tertiary/aromatic N) is 4. The summed E-state index contributed by atoms with van der Waals surface area (Å²) in [6.07, 6.45) is 2.38. The fourth-order valence-electron chi connectivity index (χ4n) is 1.89. The van der Waals surface area contributed by atoms with E-state index >= 15 is 0 Å². The Hall–Kier alpha value is -1.91. The molecular formula is C12H15N5. The Balaban J connectivity index is 1.89. The van der Waals surface area contributed by atoms with Gasteiger partial charge < -0.3 is 5.32 Å². The highest BCUT2D eigenvalue weighted by Gasteiger charge is 2.28. The third-order valence-electron chi connectivity index (χ3n) is 2.91. The third-order valence-corrected chi connectivity index (χ3v) is 2.91. The van der Waals surface area contributed by atoms with Gasteiger partial charge in [0.15, 0.2) is 5.82 Å². The molecule has 0 atom stereocenters. The van der Waals surface area contributed by atoms with Gasteiger partial charge in [0.25, 0.3) is 0 Å². The molecule has 2 aromatic rings. The van der Waals surface area contributed by atoms with Crippen molar-refractivity contribution in [2.45, 2.75) is 25.8 Å². The second-order valence-electron chi connectivity index (χ2n) is 4.29. The van der Waals surface area contributed by atoms with Crippen LogP contribution in [0.1, 0.15) is 25.8 Å². The van der Waals surface area contributed by atoms with Crippen molar-refractivity contribution in [3.05, 3.63) is 24.3 Å². The van der Waals surface area contributed by atoms with E-state index in [-0.39, 0.29) is 0 Å². The van der Waals surface area contributed by atoms with Gasteiger partial charge in [-0.15, -0.1) is 5.10 Å². The fourth-order valence-corrected chi connectivity index (χ4v) is 1.89. The normalized spacial score (nSPS) is 14.9. The first-order valence-electron chi connectivity index (χ1n) is 6.00. The molecule has 5 heteroatoms. The molecule has 0 saturated heterocycles. The van der Waals surface area contributed by atoms with Crippen LogP contribution in [0.2, 0.25) is 0 Å². The van der Waals surface area contributed by atoms with Crippen LogP contribution in [0.4, 0.5) is 5.69 Å². The van der Waals surface area contributed by atoms with E-state index in [1.54, 1.807) is 0 Å². The van der Waals surface area contributed by atoms with Gasteiger partial charge in [0.1, 0.15) is 0 Å². The Morgan fingerprint density at radius 3 is 2.71 bits per heavy atom. The van der Waals surface area contributed by atoms with Crippen LogP contribution in [0.3, 0.4) is 0 Å². The SMILES string of the molecule is CCNc1ccc(-c2nnnn2C2CC2)cc1. The van der Waals surface area contributed by atoms with E-state index in [1.807, 2.05) is 4.68 Å². The number of tetrazole rings is 1. The third kappa shape index (κ3) is 2.00. The Morgan fingerprint density at radius 1 is 1.29 bits per heavy atom. The summed E-state index contributed by atoms with van der Waals surface area (Å²) in [6, 6.07) is 8.74. The summed E-state index contributed by atoms with van der Waals surface area (Å²) in [5.41, 5.74) is 2.20. The van der Waals surface area contributed by atoms with Crippen LogP contribution in [-0.4, -0.2) is 26.8 Å². The van der Waals surface area contributed by atoms with Crippen LogP contribution in [0, 0.1) is 0 Å². The molecule has 1 aromatic carbocycles. The van der Waals surface area contributed by atoms with Crippen molar-refractivity contribution in [1.29, 1.82) is 0 Å². The van der Waals surface area contributed by atoms with Gasteiger partial charge in [0.05, 0.1) is 6.04 Å². The molecule has 17 heavy (non-hydrogen) atoms. The molecule has 1 aliphatic carbocycles. The number of benzene rings is 1. The Bertz CT molecular complexity index is 498. The number of anilines is 1. The van der Waals surface area contributed by atoms with Crippen molar-refractivity contribution >= 4 is 5.69 Å². The molecule has 1 heterocycles. The molecule has 1 aliphatic rings. The smallest absolute Gasteiger partial charge is 0.182 e. The molecule has 1 saturated carbocycles. The summed E-state index contributed by atoms with van der Waals surface area (Å²) < 4.78 is 1.93. The minimum atomic E-state index is 0.508. The molecule has 1 fully saturated rings. The standard InChI is InChI=1S/C12H15N5/c1-2-13-10-5-3-9(4-6-10)12-14-15-16-17(12)11-7-8-11/h3-6,11,13H,2,7-8H2,1H3. The number of hydrogen-bond acceptors (Lipinski definition) is 4. The first-order chi connectivity index (χ1) is 8.38. The first kappa shape index (κ1) is 10.3. The highest BCUT2D eigenvalue weighted by atomic mass is 15.6. The van der Waals surface area contributed by atoms with Crippen molar-refractivity contribution in [3.8, 4) is 11.4 Å². The lowest BCUT2D eigenvalue weighted by Gasteiger charge is -2.05. The van der Waals surface area contributed by atoms with E-state index in [9.17, 15) is 0 Å².